The van der Waals surface area contributed by atoms with Gasteiger partial charge in [-0.2, -0.15) is 0 Å². The fourth-order valence-corrected chi connectivity index (χ4v) is 3.05. The number of carbonyl (C=O) groups is 2. The fourth-order valence-electron chi connectivity index (χ4n) is 2.61. The molecule has 1 aromatic rings. The Morgan fingerprint density at radius 1 is 1.38 bits per heavy atom. The van der Waals surface area contributed by atoms with E-state index in [1.165, 1.54) is 17.0 Å². The second-order valence-electron chi connectivity index (χ2n) is 5.17. The second kappa shape index (κ2) is 7.02. The average Bonchev–Trinajstić information content (AvgIpc) is 2.47. The van der Waals surface area contributed by atoms with Crippen LogP contribution >= 0.6 is 15.9 Å². The summed E-state index contributed by atoms with van der Waals surface area (Å²) in [6, 6.07) is 3.63. The second-order valence-corrected chi connectivity index (χ2v) is 6.03. The van der Waals surface area contributed by atoms with Crippen molar-refractivity contribution < 1.29 is 19.1 Å². The Morgan fingerprint density at radius 3 is 2.86 bits per heavy atom. The molecule has 1 aromatic carbocycles. The maximum absolute atomic E-state index is 13.2. The molecule has 2 rings (SSSR count). The molecular formula is C15H17BrFNO3. The molecule has 0 aliphatic carbocycles. The number of nitrogens with zero attached hydrogens (tertiary/aromatic N) is 1. The van der Waals surface area contributed by atoms with Crippen molar-refractivity contribution in [1.82, 2.24) is 4.90 Å². The molecule has 1 aliphatic heterocycles. The van der Waals surface area contributed by atoms with E-state index >= 15 is 0 Å². The van der Waals surface area contributed by atoms with Crippen LogP contribution in [0.5, 0.6) is 0 Å². The molecule has 1 aliphatic rings. The Labute approximate surface area is 131 Å². The number of rotatable bonds is 4. The fraction of sp³-hybridized carbons (Fsp3) is 0.467. The Bertz CT molecular complexity index is 550. The van der Waals surface area contributed by atoms with Crippen molar-refractivity contribution in [2.75, 3.05) is 6.54 Å². The van der Waals surface area contributed by atoms with Gasteiger partial charge < -0.3 is 10.0 Å². The van der Waals surface area contributed by atoms with Gasteiger partial charge >= 0.3 is 5.97 Å². The molecule has 4 nitrogen and oxygen atoms in total. The zero-order valence-corrected chi connectivity index (χ0v) is 13.1. The lowest BCUT2D eigenvalue weighted by molar-refractivity contribution is -0.152. The summed E-state index contributed by atoms with van der Waals surface area (Å²) in [6.45, 7) is 0.486. The largest absolute Gasteiger partial charge is 0.480 e. The molecule has 1 amide bonds. The molecule has 1 N–H and O–H groups in total. The van der Waals surface area contributed by atoms with Gasteiger partial charge in [0.1, 0.15) is 11.9 Å². The monoisotopic (exact) mass is 357 g/mol. The quantitative estimate of drug-likeness (QED) is 0.900. The summed E-state index contributed by atoms with van der Waals surface area (Å²) in [6.07, 6.45) is 2.74. The Kier molecular flexibility index (Phi) is 5.33. The third kappa shape index (κ3) is 4.03. The van der Waals surface area contributed by atoms with Gasteiger partial charge in [-0.3, -0.25) is 4.79 Å². The maximum Gasteiger partial charge on any atom is 0.326 e. The summed E-state index contributed by atoms with van der Waals surface area (Å²) < 4.78 is 14.0. The van der Waals surface area contributed by atoms with Crippen molar-refractivity contribution in [3.63, 3.8) is 0 Å². The summed E-state index contributed by atoms with van der Waals surface area (Å²) in [4.78, 5) is 24.9. The van der Waals surface area contributed by atoms with Gasteiger partial charge in [0.05, 0.1) is 0 Å². The number of halogens is 2. The van der Waals surface area contributed by atoms with Crippen molar-refractivity contribution in [2.24, 2.45) is 0 Å². The van der Waals surface area contributed by atoms with E-state index < -0.39 is 12.0 Å². The number of piperidine rings is 1. The van der Waals surface area contributed by atoms with Crippen LogP contribution in [0.15, 0.2) is 22.7 Å². The third-order valence-electron chi connectivity index (χ3n) is 3.72. The highest BCUT2D eigenvalue weighted by Gasteiger charge is 2.31. The van der Waals surface area contributed by atoms with Crippen LogP contribution in [0.2, 0.25) is 0 Å². The van der Waals surface area contributed by atoms with Crippen LogP contribution in [-0.4, -0.2) is 34.5 Å². The molecule has 0 saturated carbocycles. The Hall–Kier alpha value is -1.43. The van der Waals surface area contributed by atoms with Crippen LogP contribution in [0.3, 0.4) is 0 Å². The van der Waals surface area contributed by atoms with Crippen LogP contribution in [-0.2, 0) is 16.0 Å². The van der Waals surface area contributed by atoms with Crippen molar-refractivity contribution in [1.29, 1.82) is 0 Å². The van der Waals surface area contributed by atoms with Gasteiger partial charge in [0.25, 0.3) is 0 Å². The predicted molar refractivity (Wildman–Crippen MR) is 79.4 cm³/mol. The van der Waals surface area contributed by atoms with Crippen molar-refractivity contribution in [3.8, 4) is 0 Å². The van der Waals surface area contributed by atoms with Crippen LogP contribution in [0, 0.1) is 5.82 Å². The summed E-state index contributed by atoms with van der Waals surface area (Å²) in [5.41, 5.74) is 0.715. The first kappa shape index (κ1) is 15.9. The molecule has 21 heavy (non-hydrogen) atoms. The van der Waals surface area contributed by atoms with Crippen LogP contribution in [0.25, 0.3) is 0 Å². The molecule has 0 bridgehead atoms. The van der Waals surface area contributed by atoms with E-state index in [0.717, 1.165) is 17.3 Å². The minimum Gasteiger partial charge on any atom is -0.480 e. The number of carbonyl (C=O) groups excluding carboxylic acids is 1. The molecule has 6 heteroatoms. The van der Waals surface area contributed by atoms with Crippen LogP contribution in [0.4, 0.5) is 4.39 Å². The summed E-state index contributed by atoms with van der Waals surface area (Å²) in [5, 5.41) is 9.17. The topological polar surface area (TPSA) is 57.6 Å². The minimum absolute atomic E-state index is 0.182. The highest BCUT2D eigenvalue weighted by atomic mass is 79.9. The van der Waals surface area contributed by atoms with Gasteiger partial charge in [-0.15, -0.1) is 0 Å². The standard InChI is InChI=1S/C15H17BrFNO3/c16-12-6-5-11(17)9-10(12)4-7-14(19)18-8-2-1-3-13(18)15(20)21/h5-6,9,13H,1-4,7-8H2,(H,20,21)/t13-/m1/s1. The zero-order chi connectivity index (χ0) is 15.4. The van der Waals surface area contributed by atoms with Gasteiger partial charge in [0.2, 0.25) is 5.91 Å². The highest BCUT2D eigenvalue weighted by Crippen LogP contribution is 2.22. The summed E-state index contributed by atoms with van der Waals surface area (Å²) in [7, 11) is 0. The number of likely N-dealkylation sites (tertiary alicyclic amines) is 1. The lowest BCUT2D eigenvalue weighted by Crippen LogP contribution is -2.48. The molecule has 0 radical (unpaired) electrons. The molecule has 1 atom stereocenters. The number of aliphatic carboxylic acids is 1. The Morgan fingerprint density at radius 2 is 2.14 bits per heavy atom. The van der Waals surface area contributed by atoms with Crippen molar-refractivity contribution >= 4 is 27.8 Å². The lowest BCUT2D eigenvalue weighted by Gasteiger charge is -2.33. The number of benzene rings is 1. The van der Waals surface area contributed by atoms with E-state index in [4.69, 9.17) is 0 Å². The summed E-state index contributed by atoms with van der Waals surface area (Å²) in [5.74, 6) is -1.48. The predicted octanol–water partition coefficient (Wildman–Crippen LogP) is 2.99. The van der Waals surface area contributed by atoms with Crippen LogP contribution in [0.1, 0.15) is 31.2 Å². The molecule has 0 spiro atoms. The van der Waals surface area contributed by atoms with Gasteiger partial charge in [-0.25, -0.2) is 9.18 Å². The average molecular weight is 358 g/mol. The molecule has 0 unspecified atom stereocenters. The minimum atomic E-state index is -0.949. The van der Waals surface area contributed by atoms with Gasteiger partial charge in [-0.1, -0.05) is 15.9 Å². The zero-order valence-electron chi connectivity index (χ0n) is 11.5. The van der Waals surface area contributed by atoms with Crippen molar-refractivity contribution in [3.05, 3.63) is 34.1 Å². The van der Waals surface area contributed by atoms with Gasteiger partial charge in [0, 0.05) is 17.4 Å². The molecule has 0 aromatic heterocycles. The number of carboxylic acid groups (broad SMARTS) is 1. The molecule has 1 heterocycles. The normalized spacial score (nSPS) is 18.6. The lowest BCUT2D eigenvalue weighted by atomic mass is 10.0. The van der Waals surface area contributed by atoms with Gasteiger partial charge in [-0.05, 0) is 49.4 Å². The molecule has 1 fully saturated rings. The molecular weight excluding hydrogens is 341 g/mol. The maximum atomic E-state index is 13.2. The number of carboxylic acids is 1. The van der Waals surface area contributed by atoms with E-state index in [1.54, 1.807) is 6.07 Å². The number of hydrogen-bond donors (Lipinski definition) is 1. The van der Waals surface area contributed by atoms with E-state index in [9.17, 15) is 19.1 Å². The number of amides is 1. The smallest absolute Gasteiger partial charge is 0.326 e. The van der Waals surface area contributed by atoms with Crippen LogP contribution < -0.4 is 0 Å². The third-order valence-corrected chi connectivity index (χ3v) is 4.50. The first-order valence-electron chi connectivity index (χ1n) is 6.95. The SMILES string of the molecule is O=C(O)[C@H]1CCCCN1C(=O)CCc1cc(F)ccc1Br. The highest BCUT2D eigenvalue weighted by molar-refractivity contribution is 9.10. The van der Waals surface area contributed by atoms with E-state index in [0.29, 0.717) is 24.9 Å². The van der Waals surface area contributed by atoms with Crippen molar-refractivity contribution in [2.45, 2.75) is 38.1 Å². The number of hydrogen-bond acceptors (Lipinski definition) is 2. The molecule has 114 valence electrons. The molecule has 1 saturated heterocycles. The Balaban J connectivity index is 2.00. The first-order valence-corrected chi connectivity index (χ1v) is 7.74. The summed E-state index contributed by atoms with van der Waals surface area (Å²) >= 11 is 3.33. The first-order chi connectivity index (χ1) is 9.99. The van der Waals surface area contributed by atoms with E-state index in [1.807, 2.05) is 0 Å². The van der Waals surface area contributed by atoms with E-state index in [-0.39, 0.29) is 18.1 Å². The van der Waals surface area contributed by atoms with E-state index in [2.05, 4.69) is 15.9 Å². The number of aryl methyl sites for hydroxylation is 1. The van der Waals surface area contributed by atoms with Gasteiger partial charge in [0.15, 0.2) is 0 Å².